The minimum atomic E-state index is -0.116. The quantitative estimate of drug-likeness (QED) is 0.364. The van der Waals surface area contributed by atoms with Gasteiger partial charge in [-0.3, -0.25) is 9.59 Å². The Hall–Kier alpha value is -3.58. The Kier molecular flexibility index (Phi) is 7.42. The van der Waals surface area contributed by atoms with Crippen molar-refractivity contribution in [2.45, 2.75) is 25.0 Å². The summed E-state index contributed by atoms with van der Waals surface area (Å²) >= 11 is 1.33. The van der Waals surface area contributed by atoms with Gasteiger partial charge in [0.1, 0.15) is 6.54 Å². The minimum Gasteiger partial charge on any atom is -0.354 e. The largest absolute Gasteiger partial charge is 0.354 e. The molecular formula is C26H26N4O2S. The lowest BCUT2D eigenvalue weighted by molar-refractivity contribution is -0.121. The minimum absolute atomic E-state index is 0.0833. The lowest BCUT2D eigenvalue weighted by Crippen LogP contribution is -2.29. The number of nitrogens with zero attached hydrogens (tertiary/aromatic N) is 2. The first-order valence-corrected chi connectivity index (χ1v) is 11.8. The Bertz CT molecular complexity index is 1240. The van der Waals surface area contributed by atoms with Gasteiger partial charge < -0.3 is 15.2 Å². The molecule has 1 aromatic heterocycles. The molecule has 2 N–H and O–H groups in total. The maximum absolute atomic E-state index is 12.7. The maximum atomic E-state index is 12.7. The van der Waals surface area contributed by atoms with Crippen molar-refractivity contribution in [1.82, 2.24) is 14.9 Å². The number of nitrogens with one attached hydrogen (secondary N) is 2. The van der Waals surface area contributed by atoms with Crippen LogP contribution in [0.4, 0.5) is 5.69 Å². The summed E-state index contributed by atoms with van der Waals surface area (Å²) < 4.78 is 1.87. The highest BCUT2D eigenvalue weighted by Gasteiger charge is 2.15. The molecule has 3 aromatic carbocycles. The number of fused-ring (bicyclic) bond motifs is 1. The van der Waals surface area contributed by atoms with E-state index in [4.69, 9.17) is 0 Å². The van der Waals surface area contributed by atoms with Crippen molar-refractivity contribution in [3.8, 4) is 0 Å². The summed E-state index contributed by atoms with van der Waals surface area (Å²) in [6.45, 7) is 2.72. The van der Waals surface area contributed by atoms with Crippen molar-refractivity contribution < 1.29 is 9.59 Å². The first kappa shape index (κ1) is 22.6. The van der Waals surface area contributed by atoms with Crippen molar-refractivity contribution in [3.05, 3.63) is 90.0 Å². The predicted octanol–water partition coefficient (Wildman–Crippen LogP) is 4.43. The van der Waals surface area contributed by atoms with Crippen LogP contribution in [0.5, 0.6) is 0 Å². The molecule has 33 heavy (non-hydrogen) atoms. The van der Waals surface area contributed by atoms with E-state index in [1.54, 1.807) is 0 Å². The van der Waals surface area contributed by atoms with Crippen molar-refractivity contribution >= 4 is 40.3 Å². The molecule has 0 aliphatic rings. The number of amides is 2. The molecule has 0 unspecified atom stereocenters. The summed E-state index contributed by atoms with van der Waals surface area (Å²) in [7, 11) is 0. The predicted molar refractivity (Wildman–Crippen MR) is 133 cm³/mol. The van der Waals surface area contributed by atoms with Gasteiger partial charge in [-0.25, -0.2) is 4.98 Å². The molecule has 0 saturated carbocycles. The van der Waals surface area contributed by atoms with E-state index < -0.39 is 0 Å². The number of aromatic nitrogens is 2. The molecular weight excluding hydrogens is 432 g/mol. The van der Waals surface area contributed by atoms with Gasteiger partial charge in [0, 0.05) is 12.2 Å². The van der Waals surface area contributed by atoms with Crippen molar-refractivity contribution in [1.29, 1.82) is 0 Å². The molecule has 7 heteroatoms. The number of hydrogen-bond acceptors (Lipinski definition) is 4. The molecule has 0 fully saturated rings. The van der Waals surface area contributed by atoms with Crippen LogP contribution < -0.4 is 10.6 Å². The molecule has 0 saturated heterocycles. The van der Waals surface area contributed by atoms with Crippen LogP contribution in [-0.4, -0.2) is 33.7 Å². The van der Waals surface area contributed by atoms with Gasteiger partial charge in [-0.15, -0.1) is 0 Å². The number of carbonyl (C=O) groups is 2. The van der Waals surface area contributed by atoms with Gasteiger partial charge in [0.25, 0.3) is 0 Å². The first-order chi connectivity index (χ1) is 16.1. The summed E-state index contributed by atoms with van der Waals surface area (Å²) in [6.07, 6.45) is 0.776. The second-order valence-corrected chi connectivity index (χ2v) is 8.70. The van der Waals surface area contributed by atoms with Crippen LogP contribution in [0.3, 0.4) is 0 Å². The Morgan fingerprint density at radius 3 is 2.42 bits per heavy atom. The number of rotatable bonds is 9. The van der Waals surface area contributed by atoms with Crippen LogP contribution in [0, 0.1) is 6.92 Å². The summed E-state index contributed by atoms with van der Waals surface area (Å²) in [5.41, 5.74) is 4.76. The Morgan fingerprint density at radius 2 is 1.64 bits per heavy atom. The van der Waals surface area contributed by atoms with Crippen LogP contribution >= 0.6 is 11.8 Å². The molecule has 0 aliphatic heterocycles. The second kappa shape index (κ2) is 10.8. The second-order valence-electron chi connectivity index (χ2n) is 7.76. The molecule has 4 rings (SSSR count). The SMILES string of the molecule is Cc1ccc(NC(=O)CSc2nc3ccccc3n2CC(=O)NCCc2ccccc2)cc1. The molecule has 0 spiro atoms. The van der Waals surface area contributed by atoms with E-state index in [1.807, 2.05) is 90.4 Å². The van der Waals surface area contributed by atoms with E-state index in [-0.39, 0.29) is 24.1 Å². The average molecular weight is 459 g/mol. The third-order valence-electron chi connectivity index (χ3n) is 5.17. The summed E-state index contributed by atoms with van der Waals surface area (Å²) in [6, 6.07) is 25.4. The Balaban J connectivity index is 1.39. The highest BCUT2D eigenvalue weighted by molar-refractivity contribution is 7.99. The zero-order valence-corrected chi connectivity index (χ0v) is 19.3. The van der Waals surface area contributed by atoms with Gasteiger partial charge in [-0.1, -0.05) is 71.9 Å². The molecule has 0 bridgehead atoms. The number of hydrogen-bond donors (Lipinski definition) is 2. The van der Waals surface area contributed by atoms with E-state index >= 15 is 0 Å². The molecule has 1 heterocycles. The van der Waals surface area contributed by atoms with Gasteiger partial charge in [0.15, 0.2) is 5.16 Å². The van der Waals surface area contributed by atoms with E-state index in [1.165, 1.54) is 17.3 Å². The van der Waals surface area contributed by atoms with Crippen LogP contribution in [0.2, 0.25) is 0 Å². The molecule has 6 nitrogen and oxygen atoms in total. The Labute approximate surface area is 197 Å². The van der Waals surface area contributed by atoms with E-state index in [9.17, 15) is 9.59 Å². The summed E-state index contributed by atoms with van der Waals surface area (Å²) in [5.74, 6) is 0.00197. The smallest absolute Gasteiger partial charge is 0.240 e. The molecule has 2 amide bonds. The third-order valence-corrected chi connectivity index (χ3v) is 6.14. The fourth-order valence-electron chi connectivity index (χ4n) is 3.47. The number of carbonyl (C=O) groups excluding carboxylic acids is 2. The van der Waals surface area contributed by atoms with Gasteiger partial charge in [-0.05, 0) is 43.2 Å². The number of thioether (sulfide) groups is 1. The van der Waals surface area contributed by atoms with Crippen LogP contribution in [0.1, 0.15) is 11.1 Å². The third kappa shape index (κ3) is 6.23. The number of anilines is 1. The fraction of sp³-hybridized carbons (Fsp3) is 0.192. The summed E-state index contributed by atoms with van der Waals surface area (Å²) in [4.78, 5) is 29.8. The molecule has 168 valence electrons. The van der Waals surface area contributed by atoms with Crippen LogP contribution in [-0.2, 0) is 22.6 Å². The van der Waals surface area contributed by atoms with E-state index in [2.05, 4.69) is 15.6 Å². The number of para-hydroxylation sites is 2. The van der Waals surface area contributed by atoms with Crippen LogP contribution in [0.15, 0.2) is 84.0 Å². The molecule has 4 aromatic rings. The molecule has 0 radical (unpaired) electrons. The Morgan fingerprint density at radius 1 is 0.909 bits per heavy atom. The van der Waals surface area contributed by atoms with Gasteiger partial charge in [0.05, 0.1) is 16.8 Å². The zero-order chi connectivity index (χ0) is 23.0. The zero-order valence-electron chi connectivity index (χ0n) is 18.5. The first-order valence-electron chi connectivity index (χ1n) is 10.8. The highest BCUT2D eigenvalue weighted by Crippen LogP contribution is 2.24. The van der Waals surface area contributed by atoms with Crippen molar-refractivity contribution in [2.75, 3.05) is 17.6 Å². The topological polar surface area (TPSA) is 76.0 Å². The summed E-state index contributed by atoms with van der Waals surface area (Å²) in [5, 5.41) is 6.53. The van der Waals surface area contributed by atoms with E-state index in [0.29, 0.717) is 11.7 Å². The fourth-order valence-corrected chi connectivity index (χ4v) is 4.28. The lowest BCUT2D eigenvalue weighted by atomic mass is 10.1. The van der Waals surface area contributed by atoms with Gasteiger partial charge in [0.2, 0.25) is 11.8 Å². The standard InChI is InChI=1S/C26H26N4O2S/c1-19-11-13-21(14-12-19)28-25(32)18-33-26-29-22-9-5-6-10-23(22)30(26)17-24(31)27-16-15-20-7-3-2-4-8-20/h2-14H,15-18H2,1H3,(H,27,31)(H,28,32). The highest BCUT2D eigenvalue weighted by atomic mass is 32.2. The number of benzene rings is 3. The monoisotopic (exact) mass is 458 g/mol. The lowest BCUT2D eigenvalue weighted by Gasteiger charge is -2.10. The van der Waals surface area contributed by atoms with Crippen molar-refractivity contribution in [3.63, 3.8) is 0 Å². The maximum Gasteiger partial charge on any atom is 0.240 e. The van der Waals surface area contributed by atoms with E-state index in [0.717, 1.165) is 28.7 Å². The normalized spacial score (nSPS) is 10.8. The van der Waals surface area contributed by atoms with Crippen molar-refractivity contribution in [2.24, 2.45) is 0 Å². The average Bonchev–Trinajstić information content (AvgIpc) is 3.17. The van der Waals surface area contributed by atoms with Crippen LogP contribution in [0.25, 0.3) is 11.0 Å². The molecule has 0 aliphatic carbocycles. The van der Waals surface area contributed by atoms with Gasteiger partial charge in [-0.2, -0.15) is 0 Å². The number of aryl methyl sites for hydroxylation is 1. The number of imidazole rings is 1. The van der Waals surface area contributed by atoms with Gasteiger partial charge >= 0.3 is 0 Å². The molecule has 0 atom stereocenters.